The van der Waals surface area contributed by atoms with Crippen molar-refractivity contribution < 1.29 is 19.4 Å². The van der Waals surface area contributed by atoms with Gasteiger partial charge >= 0.3 is 6.16 Å². The molecule has 1 aliphatic rings. The van der Waals surface area contributed by atoms with Crippen molar-refractivity contribution in [3.8, 4) is 0 Å². The summed E-state index contributed by atoms with van der Waals surface area (Å²) in [6.07, 6.45) is 0.133. The first kappa shape index (κ1) is 10.2. The van der Waals surface area contributed by atoms with Crippen LogP contribution in [0.15, 0.2) is 0 Å². The predicted octanol–water partition coefficient (Wildman–Crippen LogP) is 1.50. The number of epoxide rings is 1. The maximum Gasteiger partial charge on any atom is 0.505 e. The molecule has 0 spiro atoms. The first-order valence-electron chi connectivity index (χ1n) is 3.64. The van der Waals surface area contributed by atoms with Crippen molar-refractivity contribution in [1.82, 2.24) is 0 Å². The Balaban J connectivity index is 0.000000207. The van der Waals surface area contributed by atoms with Gasteiger partial charge in [0.25, 0.3) is 0 Å². The monoisotopic (exact) mass is 162 g/mol. The van der Waals surface area contributed by atoms with Crippen LogP contribution in [-0.4, -0.2) is 30.6 Å². The molecule has 0 saturated carbocycles. The highest BCUT2D eigenvalue weighted by atomic mass is 16.7. The van der Waals surface area contributed by atoms with Crippen molar-refractivity contribution in [3.05, 3.63) is 0 Å². The van der Waals surface area contributed by atoms with Crippen LogP contribution in [0, 0.1) is 0 Å². The number of hydrogen-bond donors (Lipinski definition) is 1. The van der Waals surface area contributed by atoms with Crippen LogP contribution in [0.1, 0.15) is 20.3 Å². The zero-order valence-corrected chi connectivity index (χ0v) is 6.87. The van der Waals surface area contributed by atoms with E-state index in [0.717, 1.165) is 13.0 Å². The molecule has 0 bridgehead atoms. The number of hydrogen-bond acceptors (Lipinski definition) is 3. The molecule has 0 aromatic heterocycles. The first-order valence-corrected chi connectivity index (χ1v) is 3.64. The average Bonchev–Trinajstić information content (AvgIpc) is 2.68. The Bertz CT molecular complexity index is 109. The van der Waals surface area contributed by atoms with Crippen molar-refractivity contribution >= 4 is 6.16 Å². The zero-order chi connectivity index (χ0) is 8.69. The van der Waals surface area contributed by atoms with E-state index in [-0.39, 0.29) is 0 Å². The molecule has 1 fully saturated rings. The van der Waals surface area contributed by atoms with Gasteiger partial charge in [0, 0.05) is 0 Å². The van der Waals surface area contributed by atoms with E-state index in [1.165, 1.54) is 0 Å². The van der Waals surface area contributed by atoms with E-state index >= 15 is 0 Å². The maximum atomic E-state index is 9.54. The molecule has 1 atom stereocenters. The predicted molar refractivity (Wildman–Crippen MR) is 39.7 cm³/mol. The maximum absolute atomic E-state index is 9.54. The van der Waals surface area contributed by atoms with Gasteiger partial charge in [0.1, 0.15) is 0 Å². The lowest BCUT2D eigenvalue weighted by molar-refractivity contribution is 0.0918. The minimum Gasteiger partial charge on any atom is -0.450 e. The molecule has 1 saturated heterocycles. The van der Waals surface area contributed by atoms with Crippen LogP contribution in [0.4, 0.5) is 4.79 Å². The molecule has 4 nitrogen and oxygen atoms in total. The third kappa shape index (κ3) is 12.4. The minimum atomic E-state index is -1.19. The Morgan fingerprint density at radius 3 is 2.36 bits per heavy atom. The summed E-state index contributed by atoms with van der Waals surface area (Å²) in [6.45, 7) is 5.19. The van der Waals surface area contributed by atoms with Crippen LogP contribution in [0.2, 0.25) is 0 Å². The SMILES string of the molecule is CC1CO1.CCCOC(=O)O. The van der Waals surface area contributed by atoms with E-state index in [1.54, 1.807) is 0 Å². The standard InChI is InChI=1S/C4H8O3.C3H6O/c1-2-3-7-4(5)6;1-3-2-4-3/h2-3H2,1H3,(H,5,6);3H,2H2,1H3. The number of carboxylic acid groups (broad SMARTS) is 1. The van der Waals surface area contributed by atoms with Crippen molar-refractivity contribution in [2.24, 2.45) is 0 Å². The highest BCUT2D eigenvalue weighted by Gasteiger charge is 2.13. The second kappa shape index (κ2) is 5.97. The summed E-state index contributed by atoms with van der Waals surface area (Å²) in [5, 5.41) is 7.82. The molecule has 0 aromatic carbocycles. The molecular weight excluding hydrogens is 148 g/mol. The molecular formula is C7H14O4. The molecule has 0 aromatic rings. The van der Waals surface area contributed by atoms with E-state index in [2.05, 4.69) is 11.7 Å². The highest BCUT2D eigenvalue weighted by molar-refractivity contribution is 5.56. The van der Waals surface area contributed by atoms with Crippen molar-refractivity contribution in [1.29, 1.82) is 0 Å². The number of rotatable bonds is 2. The minimum absolute atomic E-state index is 0.301. The van der Waals surface area contributed by atoms with Crippen LogP contribution in [0.25, 0.3) is 0 Å². The van der Waals surface area contributed by atoms with Gasteiger partial charge in [-0.25, -0.2) is 4.79 Å². The summed E-state index contributed by atoms with van der Waals surface area (Å²) in [4.78, 5) is 9.54. The summed E-state index contributed by atoms with van der Waals surface area (Å²) in [7, 11) is 0. The van der Waals surface area contributed by atoms with Gasteiger partial charge in [0.2, 0.25) is 0 Å². The summed E-state index contributed by atoms with van der Waals surface area (Å²) < 4.78 is 8.82. The smallest absolute Gasteiger partial charge is 0.450 e. The number of ether oxygens (including phenoxy) is 2. The second-order valence-electron chi connectivity index (χ2n) is 2.26. The second-order valence-corrected chi connectivity index (χ2v) is 2.26. The fraction of sp³-hybridized carbons (Fsp3) is 0.857. The molecule has 4 heteroatoms. The lowest BCUT2D eigenvalue weighted by Gasteiger charge is -1.91. The molecule has 1 rings (SSSR count). The molecule has 11 heavy (non-hydrogen) atoms. The van der Waals surface area contributed by atoms with E-state index in [4.69, 9.17) is 9.84 Å². The molecule has 0 amide bonds. The van der Waals surface area contributed by atoms with E-state index < -0.39 is 6.16 Å². The normalized spacial score (nSPS) is 19.6. The zero-order valence-electron chi connectivity index (χ0n) is 6.87. The largest absolute Gasteiger partial charge is 0.505 e. The third-order valence-corrected chi connectivity index (χ3v) is 0.930. The Morgan fingerprint density at radius 1 is 1.82 bits per heavy atom. The van der Waals surface area contributed by atoms with Gasteiger partial charge in [0.05, 0.1) is 19.3 Å². The molecule has 1 aliphatic heterocycles. The molecule has 66 valence electrons. The Morgan fingerprint density at radius 2 is 2.27 bits per heavy atom. The van der Waals surface area contributed by atoms with Gasteiger partial charge in [-0.2, -0.15) is 0 Å². The number of carbonyl (C=O) groups is 1. The van der Waals surface area contributed by atoms with Gasteiger partial charge in [-0.3, -0.25) is 0 Å². The lowest BCUT2D eigenvalue weighted by Crippen LogP contribution is -1.99. The van der Waals surface area contributed by atoms with Gasteiger partial charge in [-0.1, -0.05) is 6.92 Å². The molecule has 0 aliphatic carbocycles. The van der Waals surface area contributed by atoms with Crippen molar-refractivity contribution in [2.45, 2.75) is 26.4 Å². The summed E-state index contributed by atoms with van der Waals surface area (Å²) in [5.74, 6) is 0. The molecule has 1 heterocycles. The van der Waals surface area contributed by atoms with Crippen LogP contribution in [0.3, 0.4) is 0 Å². The van der Waals surface area contributed by atoms with Gasteiger partial charge in [-0.05, 0) is 13.3 Å². The van der Waals surface area contributed by atoms with Gasteiger partial charge in [-0.15, -0.1) is 0 Å². The van der Waals surface area contributed by atoms with Crippen molar-refractivity contribution in [2.75, 3.05) is 13.2 Å². The quantitative estimate of drug-likeness (QED) is 0.493. The summed E-state index contributed by atoms with van der Waals surface area (Å²) in [6, 6.07) is 0. The fourth-order valence-corrected chi connectivity index (χ4v) is 0.286. The Hall–Kier alpha value is -0.770. The van der Waals surface area contributed by atoms with Crippen LogP contribution in [0.5, 0.6) is 0 Å². The van der Waals surface area contributed by atoms with E-state index in [9.17, 15) is 4.79 Å². The van der Waals surface area contributed by atoms with Crippen LogP contribution in [-0.2, 0) is 9.47 Å². The molecule has 0 radical (unpaired) electrons. The van der Waals surface area contributed by atoms with Crippen LogP contribution >= 0.6 is 0 Å². The molecule has 1 unspecified atom stereocenters. The van der Waals surface area contributed by atoms with E-state index in [1.807, 2.05) is 6.92 Å². The summed E-state index contributed by atoms with van der Waals surface area (Å²) in [5.41, 5.74) is 0. The van der Waals surface area contributed by atoms with E-state index in [0.29, 0.717) is 12.7 Å². The average molecular weight is 162 g/mol. The first-order chi connectivity index (χ1) is 5.16. The topological polar surface area (TPSA) is 59.1 Å². The van der Waals surface area contributed by atoms with Gasteiger partial charge in [0.15, 0.2) is 0 Å². The lowest BCUT2D eigenvalue weighted by atomic mass is 10.5. The van der Waals surface area contributed by atoms with Gasteiger partial charge < -0.3 is 14.6 Å². The third-order valence-electron chi connectivity index (χ3n) is 0.930. The highest BCUT2D eigenvalue weighted by Crippen LogP contribution is 2.04. The van der Waals surface area contributed by atoms with Crippen molar-refractivity contribution in [3.63, 3.8) is 0 Å². The Kier molecular flexibility index (Phi) is 5.56. The Labute approximate surface area is 66.1 Å². The molecule has 1 N–H and O–H groups in total. The fourth-order valence-electron chi connectivity index (χ4n) is 0.286. The summed E-state index contributed by atoms with van der Waals surface area (Å²) >= 11 is 0. The van der Waals surface area contributed by atoms with Crippen LogP contribution < -0.4 is 0 Å².